The maximum Gasteiger partial charge on any atom is 0.450 e. The number of carbonyl (C=O) groups is 2. The van der Waals surface area contributed by atoms with Crippen molar-refractivity contribution in [2.45, 2.75) is 114 Å². The van der Waals surface area contributed by atoms with Crippen LogP contribution in [0.3, 0.4) is 0 Å². The van der Waals surface area contributed by atoms with Gasteiger partial charge in [-0.25, -0.2) is 0 Å². The van der Waals surface area contributed by atoms with Crippen molar-refractivity contribution < 1.29 is 65.2 Å². The summed E-state index contributed by atoms with van der Waals surface area (Å²) >= 11 is 0. The van der Waals surface area contributed by atoms with Crippen LogP contribution in [0.5, 0.6) is 0 Å². The highest BCUT2D eigenvalue weighted by Crippen LogP contribution is 2.39. The number of nitrogens with zero attached hydrogens (tertiary/aromatic N) is 4. The molecule has 18 nitrogen and oxygen atoms in total. The lowest BCUT2D eigenvalue weighted by Crippen LogP contribution is -2.67. The molecule has 75 heavy (non-hydrogen) atoms. The van der Waals surface area contributed by atoms with Crippen molar-refractivity contribution in [2.24, 2.45) is 0 Å². The molecule has 6 aromatic rings. The number of ketones is 2. The van der Waals surface area contributed by atoms with Gasteiger partial charge in [0.1, 0.15) is 24.7 Å². The zero-order valence-corrected chi connectivity index (χ0v) is 41.5. The standard InChI is InChI=1S/C33H35F3N4O5Si.C17H17F3N4O5/c1-32(2,3)46(22-13-6-4-7-14-22,23-15-8-5-9-16-23)44-20-25-24(41)18-27(45-25)40-19-21(12-10-11-17-26(42)33(34,35)36)28-29(40)38-31(37)39-30(28)43;18-17(19,20)11(27)4-2-1-3-8-6-24(12-5-9(26)10(7-25)29-12)14-13(8)15(28)23-16(21)22-14/h4-9,13-16,19,24-25,27,41H,11,17-18,20H2,1-3H3,(H3,37,38,39,43);6,9-10,12,25-26H,2,4-5,7H2,(H3,21,22,23,28). The van der Waals surface area contributed by atoms with E-state index in [0.717, 1.165) is 10.4 Å². The van der Waals surface area contributed by atoms with E-state index in [0.29, 0.717) is 0 Å². The van der Waals surface area contributed by atoms with E-state index < -0.39 is 99.7 Å². The van der Waals surface area contributed by atoms with Crippen LogP contribution in [0.15, 0.2) is 82.6 Å². The maximum absolute atomic E-state index is 12.9. The molecular weight excluding hydrogens is 1010 g/mol. The van der Waals surface area contributed by atoms with Gasteiger partial charge >= 0.3 is 12.4 Å². The second-order valence-electron chi connectivity index (χ2n) is 18.7. The maximum atomic E-state index is 12.9. The molecule has 2 aromatic carbocycles. The zero-order valence-electron chi connectivity index (χ0n) is 40.5. The van der Waals surface area contributed by atoms with Gasteiger partial charge < -0.3 is 49.8 Å². The van der Waals surface area contributed by atoms with Crippen LogP contribution in [0, 0.1) is 23.7 Å². The Bertz CT molecular complexity index is 3260. The molecule has 6 unspecified atom stereocenters. The van der Waals surface area contributed by atoms with E-state index in [4.69, 9.17) is 25.4 Å². The molecule has 0 spiro atoms. The lowest BCUT2D eigenvalue weighted by atomic mass is 10.2. The Labute approximate surface area is 424 Å². The van der Waals surface area contributed by atoms with E-state index in [1.165, 1.54) is 21.5 Å². The molecular formula is C50H52F6N8O10Si. The Morgan fingerprint density at radius 1 is 0.720 bits per heavy atom. The second kappa shape index (κ2) is 22.4. The molecule has 2 aliphatic rings. The van der Waals surface area contributed by atoms with Crippen molar-refractivity contribution >= 4 is 64.2 Å². The number of benzene rings is 2. The van der Waals surface area contributed by atoms with Crippen LogP contribution in [-0.4, -0.2) is 114 Å². The summed E-state index contributed by atoms with van der Waals surface area (Å²) in [5.74, 6) is 6.16. The number of aromatic nitrogens is 6. The number of ether oxygens (including phenoxy) is 2. The summed E-state index contributed by atoms with van der Waals surface area (Å²) in [5.41, 5.74) is 10.8. The summed E-state index contributed by atoms with van der Waals surface area (Å²) in [6, 6.07) is 20.1. The average Bonchev–Trinajstić information content (AvgIpc) is 4.12. The first-order valence-electron chi connectivity index (χ1n) is 23.3. The minimum Gasteiger partial charge on any atom is -0.405 e. The fourth-order valence-electron chi connectivity index (χ4n) is 8.98. The molecule has 9 N–H and O–H groups in total. The van der Waals surface area contributed by atoms with Crippen LogP contribution >= 0.6 is 0 Å². The minimum atomic E-state index is -4.94. The molecule has 6 heterocycles. The molecule has 0 saturated carbocycles. The number of aromatic amines is 2. The number of rotatable bonds is 12. The molecule has 2 aliphatic heterocycles. The number of hydrogen-bond donors (Lipinski definition) is 7. The quantitative estimate of drug-likeness (QED) is 0.0519. The van der Waals surface area contributed by atoms with Crippen molar-refractivity contribution in [1.82, 2.24) is 29.1 Å². The summed E-state index contributed by atoms with van der Waals surface area (Å²) in [6.07, 6.45) is -14.0. The smallest absolute Gasteiger partial charge is 0.405 e. The number of aliphatic hydroxyl groups is 3. The largest absolute Gasteiger partial charge is 0.450 e. The second-order valence-corrected chi connectivity index (χ2v) is 23.0. The van der Waals surface area contributed by atoms with E-state index in [-0.39, 0.29) is 82.4 Å². The van der Waals surface area contributed by atoms with Gasteiger partial charge in [0.15, 0.2) is 11.3 Å². The minimum absolute atomic E-state index is 0.0411. The monoisotopic (exact) mass is 1070 g/mol. The Balaban J connectivity index is 0.000000243. The van der Waals surface area contributed by atoms with Crippen LogP contribution < -0.4 is 33.0 Å². The van der Waals surface area contributed by atoms with Gasteiger partial charge in [0.2, 0.25) is 23.5 Å². The fourth-order valence-corrected chi connectivity index (χ4v) is 13.5. The number of nitrogens with one attached hydrogen (secondary N) is 2. The average molecular weight is 1070 g/mol. The Morgan fingerprint density at radius 2 is 1.12 bits per heavy atom. The lowest BCUT2D eigenvalue weighted by Gasteiger charge is -2.43. The van der Waals surface area contributed by atoms with Gasteiger partial charge in [-0.15, -0.1) is 0 Å². The number of fused-ring (bicyclic) bond motifs is 2. The van der Waals surface area contributed by atoms with Crippen LogP contribution in [0.2, 0.25) is 5.04 Å². The molecule has 0 aliphatic carbocycles. The molecule has 2 saturated heterocycles. The predicted molar refractivity (Wildman–Crippen MR) is 264 cm³/mol. The van der Waals surface area contributed by atoms with Crippen molar-refractivity contribution in [3.05, 3.63) is 105 Å². The third-order valence-corrected chi connectivity index (χ3v) is 17.5. The van der Waals surface area contributed by atoms with Crippen molar-refractivity contribution in [2.75, 3.05) is 24.7 Å². The Kier molecular flexibility index (Phi) is 16.6. The Morgan fingerprint density at radius 3 is 1.49 bits per heavy atom. The molecule has 398 valence electrons. The van der Waals surface area contributed by atoms with Gasteiger partial charge in [-0.2, -0.15) is 36.3 Å². The van der Waals surface area contributed by atoms with E-state index in [1.54, 1.807) is 0 Å². The highest BCUT2D eigenvalue weighted by Gasteiger charge is 2.51. The highest BCUT2D eigenvalue weighted by atomic mass is 28.4. The number of nitrogen functional groups attached to an aromatic ring is 2. The summed E-state index contributed by atoms with van der Waals surface area (Å²) < 4.78 is 96.3. The first-order chi connectivity index (χ1) is 35.3. The molecule has 0 bridgehead atoms. The lowest BCUT2D eigenvalue weighted by molar-refractivity contribution is -0.170. The molecule has 4 aromatic heterocycles. The fraction of sp³-hybridized carbons (Fsp3) is 0.400. The van der Waals surface area contributed by atoms with Gasteiger partial charge in [0.05, 0.1) is 47.3 Å². The van der Waals surface area contributed by atoms with E-state index >= 15 is 0 Å². The number of H-pyrrole nitrogens is 2. The third kappa shape index (κ3) is 12.2. The van der Waals surface area contributed by atoms with E-state index in [2.05, 4.69) is 88.7 Å². The van der Waals surface area contributed by atoms with Crippen LogP contribution in [0.1, 0.15) is 82.9 Å². The SMILES string of the molecule is CC(C)(C)[Si](OCC1OC(n2cc(C#CCCC(=O)C(F)(F)F)c3c(=O)[nH]c(N)nc32)CC1O)(c1ccccc1)c1ccccc1.Nc1nc2c(c(C#CCCC(=O)C(F)(F)F)cn2C2CC(O)C(CO)O2)c(=O)[nH]1. The highest BCUT2D eigenvalue weighted by molar-refractivity contribution is 6.99. The topological polar surface area (TPSA) is 276 Å². The van der Waals surface area contributed by atoms with Crippen molar-refractivity contribution in [1.29, 1.82) is 0 Å². The molecule has 0 amide bonds. The number of aliphatic hydroxyl groups excluding tert-OH is 3. The van der Waals surface area contributed by atoms with Crippen LogP contribution in [-0.2, 0) is 23.5 Å². The number of nitrogens with two attached hydrogens (primary N) is 2. The number of Topliss-reactive ketones (excluding diaryl/α,β-unsaturated/α-hetero) is 2. The van der Waals surface area contributed by atoms with Crippen molar-refractivity contribution in [3.63, 3.8) is 0 Å². The number of halogens is 6. The Hall–Kier alpha value is -7.10. The van der Waals surface area contributed by atoms with Gasteiger partial charge in [0, 0.05) is 50.9 Å². The number of alkyl halides is 6. The number of hydrogen-bond acceptors (Lipinski definition) is 14. The normalized spacial score (nSPS) is 20.0. The molecule has 25 heteroatoms. The molecule has 6 atom stereocenters. The van der Waals surface area contributed by atoms with E-state index in [1.807, 2.05) is 36.4 Å². The first kappa shape index (κ1) is 55.6. The summed E-state index contributed by atoms with van der Waals surface area (Å²) in [7, 11) is -2.93. The zero-order chi connectivity index (χ0) is 54.6. The number of anilines is 2. The number of carbonyl (C=O) groups excluding carboxylic acids is 2. The van der Waals surface area contributed by atoms with Gasteiger partial charge in [-0.3, -0.25) is 29.1 Å². The van der Waals surface area contributed by atoms with Crippen LogP contribution in [0.25, 0.3) is 22.1 Å². The third-order valence-electron chi connectivity index (χ3n) is 12.5. The van der Waals surface area contributed by atoms with E-state index in [9.17, 15) is 60.8 Å². The molecule has 0 radical (unpaired) electrons. The van der Waals surface area contributed by atoms with Crippen molar-refractivity contribution in [3.8, 4) is 23.7 Å². The first-order valence-corrected chi connectivity index (χ1v) is 25.3. The predicted octanol–water partition coefficient (Wildman–Crippen LogP) is 4.01. The molecule has 8 rings (SSSR count). The summed E-state index contributed by atoms with van der Waals surface area (Å²) in [4.78, 5) is 60.4. The summed E-state index contributed by atoms with van der Waals surface area (Å²) in [6.45, 7) is 6.12. The van der Waals surface area contributed by atoms with Gasteiger partial charge in [-0.05, 0) is 15.4 Å². The van der Waals surface area contributed by atoms with Gasteiger partial charge in [-0.1, -0.05) is 105 Å². The van der Waals surface area contributed by atoms with Crippen LogP contribution in [0.4, 0.5) is 38.2 Å². The molecule has 2 fully saturated rings. The summed E-state index contributed by atoms with van der Waals surface area (Å²) in [5, 5.41) is 32.3. The van der Waals surface area contributed by atoms with Gasteiger partial charge in [0.25, 0.3) is 19.4 Å².